The highest BCUT2D eigenvalue weighted by Gasteiger charge is 2.48. The molecular weight excluding hydrogens is 296 g/mol. The maximum atomic E-state index is 12.2. The molecule has 2 heterocycles. The van der Waals surface area contributed by atoms with Gasteiger partial charge in [0.25, 0.3) is 0 Å². The van der Waals surface area contributed by atoms with Crippen molar-refractivity contribution in [2.75, 3.05) is 18.1 Å². The van der Waals surface area contributed by atoms with Crippen molar-refractivity contribution in [1.82, 2.24) is 4.90 Å². The molecular formula is C13H14N2O3S2. The highest BCUT2D eigenvalue weighted by Crippen LogP contribution is 2.37. The Balaban J connectivity index is 1.77. The van der Waals surface area contributed by atoms with Gasteiger partial charge in [-0.2, -0.15) is 0 Å². The summed E-state index contributed by atoms with van der Waals surface area (Å²) < 4.78 is 23.3. The van der Waals surface area contributed by atoms with Gasteiger partial charge in [0.2, 0.25) is 0 Å². The summed E-state index contributed by atoms with van der Waals surface area (Å²) in [5.74, 6) is 0.0801. The van der Waals surface area contributed by atoms with Crippen LogP contribution in [0.1, 0.15) is 10.4 Å². The lowest BCUT2D eigenvalue weighted by molar-refractivity contribution is 0.0955. The van der Waals surface area contributed by atoms with Gasteiger partial charge in [-0.1, -0.05) is 42.1 Å². The van der Waals surface area contributed by atoms with Crippen LogP contribution in [0.5, 0.6) is 0 Å². The van der Waals surface area contributed by atoms with Crippen LogP contribution in [0, 0.1) is 5.41 Å². The van der Waals surface area contributed by atoms with E-state index in [9.17, 15) is 13.2 Å². The van der Waals surface area contributed by atoms with Crippen LogP contribution in [0.15, 0.2) is 30.3 Å². The van der Waals surface area contributed by atoms with Gasteiger partial charge in [0, 0.05) is 10.8 Å². The van der Waals surface area contributed by atoms with Crippen molar-refractivity contribution in [2.45, 2.75) is 11.3 Å². The minimum absolute atomic E-state index is 0.0507. The van der Waals surface area contributed by atoms with Crippen molar-refractivity contribution in [2.24, 2.45) is 0 Å². The number of hydrogen-bond donors (Lipinski definition) is 1. The Morgan fingerprint density at radius 1 is 1.30 bits per heavy atom. The molecule has 7 heteroatoms. The first-order valence-corrected chi connectivity index (χ1v) is 8.97. The average Bonchev–Trinajstić information content (AvgIpc) is 2.84. The molecule has 0 bridgehead atoms. The number of thioether (sulfide) groups is 1. The van der Waals surface area contributed by atoms with Crippen LogP contribution in [0.3, 0.4) is 0 Å². The molecule has 20 heavy (non-hydrogen) atoms. The van der Waals surface area contributed by atoms with E-state index in [0.717, 1.165) is 0 Å². The fourth-order valence-corrected chi connectivity index (χ4v) is 6.45. The first-order chi connectivity index (χ1) is 9.46. The number of carbonyl (C=O) groups excluding carboxylic acids is 1. The van der Waals surface area contributed by atoms with Gasteiger partial charge >= 0.3 is 0 Å². The van der Waals surface area contributed by atoms with E-state index in [2.05, 4.69) is 0 Å². The number of fused-ring (bicyclic) bond motifs is 1. The van der Waals surface area contributed by atoms with E-state index < -0.39 is 9.84 Å². The number of sulfone groups is 1. The molecule has 0 unspecified atom stereocenters. The molecule has 2 saturated heterocycles. The van der Waals surface area contributed by atoms with E-state index >= 15 is 0 Å². The van der Waals surface area contributed by atoms with E-state index in [4.69, 9.17) is 5.41 Å². The van der Waals surface area contributed by atoms with Crippen molar-refractivity contribution in [3.05, 3.63) is 35.9 Å². The lowest BCUT2D eigenvalue weighted by Gasteiger charge is -2.22. The SMILES string of the molecule is N=C1S[C@@H]2CS(=O)(=O)C[C@H]2N1CC(=O)c1ccccc1. The van der Waals surface area contributed by atoms with Crippen LogP contribution >= 0.6 is 11.8 Å². The monoisotopic (exact) mass is 310 g/mol. The van der Waals surface area contributed by atoms with Gasteiger partial charge in [-0.15, -0.1) is 0 Å². The summed E-state index contributed by atoms with van der Waals surface area (Å²) in [7, 11) is -3.03. The molecule has 2 atom stereocenters. The maximum absolute atomic E-state index is 12.2. The van der Waals surface area contributed by atoms with Crippen molar-refractivity contribution in [3.63, 3.8) is 0 Å². The molecule has 0 amide bonds. The smallest absolute Gasteiger partial charge is 0.182 e. The molecule has 2 aliphatic rings. The summed E-state index contributed by atoms with van der Waals surface area (Å²) >= 11 is 1.26. The topological polar surface area (TPSA) is 78.3 Å². The van der Waals surface area contributed by atoms with Crippen LogP contribution in [0.2, 0.25) is 0 Å². The van der Waals surface area contributed by atoms with E-state index in [0.29, 0.717) is 10.7 Å². The van der Waals surface area contributed by atoms with Gasteiger partial charge in [0.15, 0.2) is 20.8 Å². The largest absolute Gasteiger partial charge is 0.339 e. The predicted octanol–water partition coefficient (Wildman–Crippen LogP) is 1.02. The first-order valence-electron chi connectivity index (χ1n) is 6.27. The van der Waals surface area contributed by atoms with Crippen LogP contribution < -0.4 is 0 Å². The van der Waals surface area contributed by atoms with Gasteiger partial charge in [0.05, 0.1) is 24.1 Å². The Labute approximate surface area is 121 Å². The van der Waals surface area contributed by atoms with Gasteiger partial charge in [0.1, 0.15) is 0 Å². The van der Waals surface area contributed by atoms with Gasteiger partial charge in [-0.25, -0.2) is 8.42 Å². The molecule has 3 rings (SSSR count). The molecule has 0 aliphatic carbocycles. The highest BCUT2D eigenvalue weighted by atomic mass is 32.2. The summed E-state index contributed by atoms with van der Waals surface area (Å²) in [5, 5.41) is 8.13. The number of carbonyl (C=O) groups is 1. The second-order valence-electron chi connectivity index (χ2n) is 5.02. The summed E-state index contributed by atoms with van der Waals surface area (Å²) in [6.45, 7) is 0.0759. The lowest BCUT2D eigenvalue weighted by Crippen LogP contribution is -2.40. The Hall–Kier alpha value is -1.34. The maximum Gasteiger partial charge on any atom is 0.182 e. The fourth-order valence-electron chi connectivity index (χ4n) is 2.62. The number of nitrogens with zero attached hydrogens (tertiary/aromatic N) is 1. The number of ketones is 1. The Morgan fingerprint density at radius 3 is 2.70 bits per heavy atom. The number of hydrogen-bond acceptors (Lipinski definition) is 5. The van der Waals surface area contributed by atoms with E-state index in [1.54, 1.807) is 29.2 Å². The zero-order chi connectivity index (χ0) is 14.3. The third-order valence-corrected chi connectivity index (χ3v) is 6.77. The minimum atomic E-state index is -3.03. The minimum Gasteiger partial charge on any atom is -0.339 e. The van der Waals surface area contributed by atoms with Gasteiger partial charge in [-0.05, 0) is 0 Å². The number of nitrogens with one attached hydrogen (secondary N) is 1. The molecule has 106 valence electrons. The van der Waals surface area contributed by atoms with Crippen LogP contribution in [-0.2, 0) is 9.84 Å². The van der Waals surface area contributed by atoms with E-state index in [1.807, 2.05) is 6.07 Å². The van der Waals surface area contributed by atoms with Crippen molar-refractivity contribution in [1.29, 1.82) is 5.41 Å². The van der Waals surface area contributed by atoms with Gasteiger partial charge in [-0.3, -0.25) is 10.2 Å². The fraction of sp³-hybridized carbons (Fsp3) is 0.385. The van der Waals surface area contributed by atoms with Crippen molar-refractivity contribution >= 4 is 32.6 Å². The quantitative estimate of drug-likeness (QED) is 0.843. The standard InChI is InChI=1S/C13H14N2O3S2/c14-13-15(6-11(16)9-4-2-1-3-5-9)10-7-20(17,18)8-12(10)19-13/h1-5,10,12,14H,6-8H2/t10-,12-/m1/s1. The third-order valence-electron chi connectivity index (χ3n) is 3.61. The second-order valence-corrected chi connectivity index (χ2v) is 8.40. The van der Waals surface area contributed by atoms with E-state index in [1.165, 1.54) is 11.8 Å². The molecule has 0 spiro atoms. The van der Waals surface area contributed by atoms with E-state index in [-0.39, 0.29) is 35.1 Å². The molecule has 0 saturated carbocycles. The Kier molecular flexibility index (Phi) is 3.33. The van der Waals surface area contributed by atoms with Crippen molar-refractivity contribution < 1.29 is 13.2 Å². The molecule has 1 aromatic rings. The molecule has 2 fully saturated rings. The predicted molar refractivity (Wildman–Crippen MR) is 79.0 cm³/mol. The van der Waals surface area contributed by atoms with Crippen LogP contribution in [0.4, 0.5) is 0 Å². The Morgan fingerprint density at radius 2 is 2.00 bits per heavy atom. The number of rotatable bonds is 3. The lowest BCUT2D eigenvalue weighted by atomic mass is 10.1. The molecule has 1 aromatic carbocycles. The molecule has 0 aromatic heterocycles. The Bertz CT molecular complexity index is 657. The first kappa shape index (κ1) is 13.6. The number of amidine groups is 1. The second kappa shape index (κ2) is 4.89. The highest BCUT2D eigenvalue weighted by molar-refractivity contribution is 8.15. The number of Topliss-reactive ketones (excluding diaryl/α,β-unsaturated/α-hetero) is 1. The zero-order valence-electron chi connectivity index (χ0n) is 10.7. The summed E-state index contributed by atoms with van der Waals surface area (Å²) in [5.41, 5.74) is 0.592. The molecule has 0 radical (unpaired) electrons. The molecule has 1 N–H and O–H groups in total. The normalized spacial score (nSPS) is 27.6. The molecule has 5 nitrogen and oxygen atoms in total. The summed E-state index contributed by atoms with van der Waals surface area (Å²) in [4.78, 5) is 13.8. The van der Waals surface area contributed by atoms with Crippen LogP contribution in [0.25, 0.3) is 0 Å². The number of benzene rings is 1. The average molecular weight is 310 g/mol. The zero-order valence-corrected chi connectivity index (χ0v) is 12.3. The third kappa shape index (κ3) is 2.47. The van der Waals surface area contributed by atoms with Crippen molar-refractivity contribution in [3.8, 4) is 0 Å². The van der Waals surface area contributed by atoms with Crippen LogP contribution in [-0.4, -0.2) is 53.6 Å². The van der Waals surface area contributed by atoms with Gasteiger partial charge < -0.3 is 4.90 Å². The summed E-state index contributed by atoms with van der Waals surface area (Å²) in [6, 6.07) is 8.66. The molecule has 2 aliphatic heterocycles. The summed E-state index contributed by atoms with van der Waals surface area (Å²) in [6.07, 6.45) is 0.